The largest absolute Gasteiger partial charge is 0.454 e. The van der Waals surface area contributed by atoms with E-state index in [4.69, 9.17) is 9.47 Å². The van der Waals surface area contributed by atoms with Crippen LogP contribution in [0.5, 0.6) is 11.5 Å². The van der Waals surface area contributed by atoms with Gasteiger partial charge in [-0.1, -0.05) is 0 Å². The van der Waals surface area contributed by atoms with E-state index >= 15 is 0 Å². The van der Waals surface area contributed by atoms with Crippen LogP contribution >= 0.6 is 0 Å². The van der Waals surface area contributed by atoms with Crippen LogP contribution in [-0.2, 0) is 11.2 Å². The molecule has 1 aromatic carbocycles. The molecule has 2 aliphatic heterocycles. The normalized spacial score (nSPS) is 20.3. The highest BCUT2D eigenvalue weighted by molar-refractivity contribution is 6.24. The predicted molar refractivity (Wildman–Crippen MR) is 65.4 cm³/mol. The standard InChI is InChI=1S/C14H13NO3/c16-11-2-1-10-14(11)9-6-13-12(17-7-18-13)5-8(9)3-4-15-10/h5-6,15H,1-4,7H2. The molecule has 4 nitrogen and oxygen atoms in total. The van der Waals surface area contributed by atoms with E-state index in [0.717, 1.165) is 47.7 Å². The summed E-state index contributed by atoms with van der Waals surface area (Å²) in [4.78, 5) is 12.1. The van der Waals surface area contributed by atoms with Crippen molar-refractivity contribution in [3.05, 3.63) is 29.0 Å². The van der Waals surface area contributed by atoms with Crippen molar-refractivity contribution in [2.75, 3.05) is 13.3 Å². The second-order valence-corrected chi connectivity index (χ2v) is 4.82. The average Bonchev–Trinajstić information content (AvgIpc) is 2.90. The first-order chi connectivity index (χ1) is 8.83. The zero-order valence-corrected chi connectivity index (χ0v) is 9.91. The highest BCUT2D eigenvalue weighted by Gasteiger charge is 2.29. The Bertz CT molecular complexity index is 589. The molecule has 1 aromatic rings. The van der Waals surface area contributed by atoms with E-state index in [0.29, 0.717) is 6.42 Å². The molecule has 4 rings (SSSR count). The molecule has 0 atom stereocenters. The third-order valence-corrected chi connectivity index (χ3v) is 3.78. The van der Waals surface area contributed by atoms with Crippen molar-refractivity contribution in [1.29, 1.82) is 0 Å². The number of rotatable bonds is 0. The van der Waals surface area contributed by atoms with Crippen LogP contribution in [0.3, 0.4) is 0 Å². The van der Waals surface area contributed by atoms with E-state index in [1.54, 1.807) is 0 Å². The lowest BCUT2D eigenvalue weighted by atomic mass is 9.96. The Kier molecular flexibility index (Phi) is 1.95. The zero-order chi connectivity index (χ0) is 12.1. The summed E-state index contributed by atoms with van der Waals surface area (Å²) in [6.45, 7) is 1.15. The molecular formula is C14H13NO3. The van der Waals surface area contributed by atoms with E-state index in [-0.39, 0.29) is 12.6 Å². The van der Waals surface area contributed by atoms with Crippen LogP contribution in [0.1, 0.15) is 24.0 Å². The summed E-state index contributed by atoms with van der Waals surface area (Å²) >= 11 is 0. The Morgan fingerprint density at radius 1 is 1.06 bits per heavy atom. The Morgan fingerprint density at radius 2 is 1.89 bits per heavy atom. The molecule has 1 aliphatic carbocycles. The average molecular weight is 243 g/mol. The Balaban J connectivity index is 1.94. The van der Waals surface area contributed by atoms with Crippen molar-refractivity contribution < 1.29 is 14.3 Å². The highest BCUT2D eigenvalue weighted by Crippen LogP contribution is 2.41. The van der Waals surface area contributed by atoms with Crippen LogP contribution < -0.4 is 14.8 Å². The van der Waals surface area contributed by atoms with Gasteiger partial charge in [-0.3, -0.25) is 4.79 Å². The molecule has 1 N–H and O–H groups in total. The quantitative estimate of drug-likeness (QED) is 0.752. The minimum Gasteiger partial charge on any atom is -0.454 e. The summed E-state index contributed by atoms with van der Waals surface area (Å²) in [6, 6.07) is 3.98. The van der Waals surface area contributed by atoms with Gasteiger partial charge in [0.05, 0.1) is 0 Å². The molecule has 0 amide bonds. The van der Waals surface area contributed by atoms with Crippen LogP contribution in [0.4, 0.5) is 0 Å². The number of Topliss-reactive ketones (excluding diaryl/α,β-unsaturated/α-hetero) is 1. The zero-order valence-electron chi connectivity index (χ0n) is 9.91. The van der Waals surface area contributed by atoms with Gasteiger partial charge in [0.15, 0.2) is 17.3 Å². The van der Waals surface area contributed by atoms with Gasteiger partial charge >= 0.3 is 0 Å². The molecule has 2 heterocycles. The number of hydrogen-bond donors (Lipinski definition) is 1. The second kappa shape index (κ2) is 3.51. The topological polar surface area (TPSA) is 47.6 Å². The maximum atomic E-state index is 12.1. The summed E-state index contributed by atoms with van der Waals surface area (Å²) in [7, 11) is 0. The van der Waals surface area contributed by atoms with Crippen molar-refractivity contribution in [3.63, 3.8) is 0 Å². The molecule has 3 aliphatic rings. The molecule has 0 radical (unpaired) electrons. The van der Waals surface area contributed by atoms with E-state index in [1.165, 1.54) is 5.56 Å². The highest BCUT2D eigenvalue weighted by atomic mass is 16.7. The van der Waals surface area contributed by atoms with Gasteiger partial charge in [0.1, 0.15) is 0 Å². The first-order valence-electron chi connectivity index (χ1n) is 6.26. The Hall–Kier alpha value is -1.97. The lowest BCUT2D eigenvalue weighted by molar-refractivity contribution is -0.113. The van der Waals surface area contributed by atoms with Gasteiger partial charge in [-0.15, -0.1) is 0 Å². The van der Waals surface area contributed by atoms with Crippen LogP contribution in [0.15, 0.2) is 17.8 Å². The third-order valence-electron chi connectivity index (χ3n) is 3.78. The summed E-state index contributed by atoms with van der Waals surface area (Å²) in [5.74, 6) is 1.78. The Morgan fingerprint density at radius 3 is 2.78 bits per heavy atom. The molecule has 0 unspecified atom stereocenters. The Labute approximate surface area is 105 Å². The van der Waals surface area contributed by atoms with Gasteiger partial charge in [0, 0.05) is 24.2 Å². The maximum absolute atomic E-state index is 12.1. The van der Waals surface area contributed by atoms with Crippen molar-refractivity contribution in [2.45, 2.75) is 19.3 Å². The SMILES string of the molecule is O=C1CCC2=C1c1cc3c(cc1CCN2)OCO3. The molecule has 0 saturated carbocycles. The van der Waals surface area contributed by atoms with Gasteiger partial charge in [-0.05, 0) is 36.1 Å². The lowest BCUT2D eigenvalue weighted by Gasteiger charge is -2.09. The number of carbonyl (C=O) groups excluding carboxylic acids is 1. The minimum absolute atomic E-state index is 0.236. The van der Waals surface area contributed by atoms with Crippen LogP contribution in [-0.4, -0.2) is 19.1 Å². The molecular weight excluding hydrogens is 230 g/mol. The fourth-order valence-electron chi connectivity index (χ4n) is 2.92. The number of benzene rings is 1. The van der Waals surface area contributed by atoms with Gasteiger partial charge in [0.2, 0.25) is 6.79 Å². The van der Waals surface area contributed by atoms with Crippen LogP contribution in [0.25, 0.3) is 5.57 Å². The third kappa shape index (κ3) is 1.29. The number of ether oxygens (including phenoxy) is 2. The number of allylic oxidation sites excluding steroid dienone is 2. The monoisotopic (exact) mass is 243 g/mol. The lowest BCUT2D eigenvalue weighted by Crippen LogP contribution is -2.13. The van der Waals surface area contributed by atoms with Gasteiger partial charge in [-0.25, -0.2) is 0 Å². The molecule has 0 aromatic heterocycles. The predicted octanol–water partition coefficient (Wildman–Crippen LogP) is 1.63. The van der Waals surface area contributed by atoms with Gasteiger partial charge in [0.25, 0.3) is 0 Å². The van der Waals surface area contributed by atoms with Gasteiger partial charge in [-0.2, -0.15) is 0 Å². The van der Waals surface area contributed by atoms with Gasteiger partial charge < -0.3 is 14.8 Å². The first-order valence-corrected chi connectivity index (χ1v) is 6.26. The number of carbonyl (C=O) groups is 1. The molecule has 0 saturated heterocycles. The molecule has 92 valence electrons. The van der Waals surface area contributed by atoms with Crippen LogP contribution in [0.2, 0.25) is 0 Å². The fourth-order valence-corrected chi connectivity index (χ4v) is 2.92. The molecule has 0 bridgehead atoms. The molecule has 4 heteroatoms. The first kappa shape index (κ1) is 10.00. The van der Waals surface area contributed by atoms with Crippen LogP contribution in [0, 0.1) is 0 Å². The summed E-state index contributed by atoms with van der Waals surface area (Å²) in [6.07, 6.45) is 2.36. The minimum atomic E-state index is 0.236. The molecule has 0 fully saturated rings. The van der Waals surface area contributed by atoms with Crippen molar-refractivity contribution in [3.8, 4) is 11.5 Å². The smallest absolute Gasteiger partial charge is 0.231 e. The van der Waals surface area contributed by atoms with E-state index in [2.05, 4.69) is 5.32 Å². The van der Waals surface area contributed by atoms with E-state index < -0.39 is 0 Å². The maximum Gasteiger partial charge on any atom is 0.231 e. The number of ketones is 1. The summed E-state index contributed by atoms with van der Waals surface area (Å²) in [5.41, 5.74) is 4.16. The molecule has 0 spiro atoms. The second-order valence-electron chi connectivity index (χ2n) is 4.82. The number of hydrogen-bond acceptors (Lipinski definition) is 4. The van der Waals surface area contributed by atoms with E-state index in [9.17, 15) is 4.79 Å². The van der Waals surface area contributed by atoms with Crippen molar-refractivity contribution in [1.82, 2.24) is 5.32 Å². The van der Waals surface area contributed by atoms with E-state index in [1.807, 2.05) is 12.1 Å². The number of fused-ring (bicyclic) bond motifs is 3. The van der Waals surface area contributed by atoms with Crippen molar-refractivity contribution >= 4 is 11.4 Å². The summed E-state index contributed by atoms with van der Waals surface area (Å²) in [5, 5.41) is 3.37. The molecule has 18 heavy (non-hydrogen) atoms. The summed E-state index contributed by atoms with van der Waals surface area (Å²) < 4.78 is 10.8. The number of nitrogens with one attached hydrogen (secondary N) is 1. The fraction of sp³-hybridized carbons (Fsp3) is 0.357. The van der Waals surface area contributed by atoms with Crippen molar-refractivity contribution in [2.24, 2.45) is 0 Å².